The number of carbonyl (C=O) groups excluding carboxylic acids is 1. The average molecular weight is 319 g/mol. The molecule has 0 spiro atoms. The minimum atomic E-state index is -0.448. The van der Waals surface area contributed by atoms with Crippen LogP contribution in [0.4, 0.5) is 16.2 Å². The highest BCUT2D eigenvalue weighted by Gasteiger charge is 2.24. The summed E-state index contributed by atoms with van der Waals surface area (Å²) in [6, 6.07) is 6.21. The molecule has 0 saturated carbocycles. The van der Waals surface area contributed by atoms with Crippen molar-refractivity contribution in [2.45, 2.75) is 46.1 Å². The van der Waals surface area contributed by atoms with E-state index < -0.39 is 5.60 Å². The molecule has 1 saturated heterocycles. The largest absolute Gasteiger partial charge is 0.444 e. The van der Waals surface area contributed by atoms with Crippen molar-refractivity contribution in [2.24, 2.45) is 0 Å². The fourth-order valence-electron chi connectivity index (χ4n) is 2.78. The molecule has 23 heavy (non-hydrogen) atoms. The number of aryl methyl sites for hydroxylation is 1. The Morgan fingerprint density at radius 3 is 2.61 bits per heavy atom. The van der Waals surface area contributed by atoms with Gasteiger partial charge < -0.3 is 20.3 Å². The van der Waals surface area contributed by atoms with Gasteiger partial charge in [-0.25, -0.2) is 4.79 Å². The molecule has 1 aliphatic rings. The van der Waals surface area contributed by atoms with Crippen molar-refractivity contribution in [2.75, 3.05) is 36.8 Å². The number of carbonyl (C=O) groups is 1. The van der Waals surface area contributed by atoms with E-state index in [1.54, 1.807) is 0 Å². The summed E-state index contributed by atoms with van der Waals surface area (Å²) in [6.45, 7) is 11.0. The monoisotopic (exact) mass is 319 g/mol. The van der Waals surface area contributed by atoms with Gasteiger partial charge in [0.25, 0.3) is 0 Å². The molecule has 1 aliphatic heterocycles. The van der Waals surface area contributed by atoms with E-state index in [4.69, 9.17) is 10.5 Å². The molecular weight excluding hydrogens is 290 g/mol. The van der Waals surface area contributed by atoms with Gasteiger partial charge in [-0.2, -0.15) is 0 Å². The van der Waals surface area contributed by atoms with Crippen molar-refractivity contribution in [1.29, 1.82) is 0 Å². The highest BCUT2D eigenvalue weighted by Crippen LogP contribution is 2.23. The van der Waals surface area contributed by atoms with Crippen LogP contribution in [0.15, 0.2) is 18.2 Å². The van der Waals surface area contributed by atoms with Gasteiger partial charge in [0.15, 0.2) is 0 Å². The molecule has 1 aromatic carbocycles. The molecule has 0 aliphatic carbocycles. The van der Waals surface area contributed by atoms with E-state index in [1.807, 2.05) is 31.7 Å². The maximum Gasteiger partial charge on any atom is 0.410 e. The Balaban J connectivity index is 2.02. The summed E-state index contributed by atoms with van der Waals surface area (Å²) in [5.41, 5.74) is 8.75. The van der Waals surface area contributed by atoms with Crippen LogP contribution in [0.1, 0.15) is 39.7 Å². The predicted molar refractivity (Wildman–Crippen MR) is 94.9 cm³/mol. The maximum absolute atomic E-state index is 12.2. The van der Waals surface area contributed by atoms with Crippen molar-refractivity contribution in [3.8, 4) is 0 Å². The van der Waals surface area contributed by atoms with Crippen LogP contribution in [0.25, 0.3) is 0 Å². The molecule has 0 aromatic heterocycles. The minimum Gasteiger partial charge on any atom is -0.444 e. The van der Waals surface area contributed by atoms with E-state index >= 15 is 0 Å². The highest BCUT2D eigenvalue weighted by molar-refractivity contribution is 5.68. The van der Waals surface area contributed by atoms with E-state index in [0.717, 1.165) is 38.2 Å². The molecular formula is C18H29N3O2. The van der Waals surface area contributed by atoms with E-state index in [2.05, 4.69) is 24.0 Å². The third kappa shape index (κ3) is 4.78. The SMILES string of the molecule is CCc1cc(N2CCCN(C(=O)OC(C)(C)C)CC2)ccc1N. The normalized spacial score (nSPS) is 16.2. The molecule has 5 heteroatoms. The Morgan fingerprint density at radius 1 is 1.22 bits per heavy atom. The topological polar surface area (TPSA) is 58.8 Å². The van der Waals surface area contributed by atoms with E-state index in [9.17, 15) is 4.79 Å². The van der Waals surface area contributed by atoms with Crippen LogP contribution >= 0.6 is 0 Å². The van der Waals surface area contributed by atoms with E-state index in [1.165, 1.54) is 11.3 Å². The summed E-state index contributed by atoms with van der Waals surface area (Å²) < 4.78 is 5.48. The molecule has 128 valence electrons. The van der Waals surface area contributed by atoms with Crippen molar-refractivity contribution < 1.29 is 9.53 Å². The van der Waals surface area contributed by atoms with Crippen molar-refractivity contribution in [3.05, 3.63) is 23.8 Å². The lowest BCUT2D eigenvalue weighted by atomic mass is 10.1. The van der Waals surface area contributed by atoms with Gasteiger partial charge in [0.05, 0.1) is 0 Å². The number of nitrogens with zero attached hydrogens (tertiary/aromatic N) is 2. The number of amides is 1. The van der Waals surface area contributed by atoms with Crippen molar-refractivity contribution in [1.82, 2.24) is 4.90 Å². The minimum absolute atomic E-state index is 0.217. The number of hydrogen-bond acceptors (Lipinski definition) is 4. The molecule has 5 nitrogen and oxygen atoms in total. The van der Waals surface area contributed by atoms with Gasteiger partial charge in [0.2, 0.25) is 0 Å². The third-order valence-corrected chi connectivity index (χ3v) is 4.02. The lowest BCUT2D eigenvalue weighted by Gasteiger charge is -2.27. The fourth-order valence-corrected chi connectivity index (χ4v) is 2.78. The number of ether oxygens (including phenoxy) is 1. The zero-order valence-electron chi connectivity index (χ0n) is 14.8. The predicted octanol–water partition coefficient (Wildman–Crippen LogP) is 3.28. The van der Waals surface area contributed by atoms with Gasteiger partial charge in [-0.15, -0.1) is 0 Å². The van der Waals surface area contributed by atoms with Crippen LogP contribution in [-0.2, 0) is 11.2 Å². The van der Waals surface area contributed by atoms with E-state index in [0.29, 0.717) is 6.54 Å². The summed E-state index contributed by atoms with van der Waals surface area (Å²) in [4.78, 5) is 16.4. The molecule has 1 aromatic rings. The quantitative estimate of drug-likeness (QED) is 0.850. The number of benzene rings is 1. The standard InChI is InChI=1S/C18H29N3O2/c1-5-14-13-15(7-8-16(14)19)20-9-6-10-21(12-11-20)17(22)23-18(2,3)4/h7-8,13H,5-6,9-12,19H2,1-4H3. The number of rotatable bonds is 2. The Labute approximate surface area is 139 Å². The second kappa shape index (κ2) is 7.11. The van der Waals surface area contributed by atoms with Crippen molar-refractivity contribution in [3.63, 3.8) is 0 Å². The van der Waals surface area contributed by atoms with Crippen LogP contribution in [0.5, 0.6) is 0 Å². The van der Waals surface area contributed by atoms with Crippen LogP contribution in [0.2, 0.25) is 0 Å². The number of nitrogen functional groups attached to an aromatic ring is 1. The van der Waals surface area contributed by atoms with Crippen LogP contribution < -0.4 is 10.6 Å². The van der Waals surface area contributed by atoms with Gasteiger partial charge in [0, 0.05) is 37.6 Å². The second-order valence-corrected chi connectivity index (χ2v) is 7.04. The van der Waals surface area contributed by atoms with Crippen molar-refractivity contribution >= 4 is 17.5 Å². The Morgan fingerprint density at radius 2 is 1.96 bits per heavy atom. The lowest BCUT2D eigenvalue weighted by molar-refractivity contribution is 0.0263. The van der Waals surface area contributed by atoms with Gasteiger partial charge in [-0.3, -0.25) is 0 Å². The number of hydrogen-bond donors (Lipinski definition) is 1. The zero-order valence-corrected chi connectivity index (χ0v) is 14.8. The van der Waals surface area contributed by atoms with Crippen LogP contribution in [-0.4, -0.2) is 42.8 Å². The second-order valence-electron chi connectivity index (χ2n) is 7.04. The first-order valence-electron chi connectivity index (χ1n) is 8.41. The fraction of sp³-hybridized carbons (Fsp3) is 0.611. The molecule has 1 amide bonds. The first-order chi connectivity index (χ1) is 10.8. The molecule has 2 rings (SSSR count). The average Bonchev–Trinajstić information content (AvgIpc) is 2.72. The maximum atomic E-state index is 12.2. The Bertz CT molecular complexity index is 552. The molecule has 2 N–H and O–H groups in total. The molecule has 1 fully saturated rings. The van der Waals surface area contributed by atoms with Gasteiger partial charge in [-0.05, 0) is 57.4 Å². The summed E-state index contributed by atoms with van der Waals surface area (Å²) in [5.74, 6) is 0. The van der Waals surface area contributed by atoms with Crippen LogP contribution in [0.3, 0.4) is 0 Å². The molecule has 0 atom stereocenters. The number of anilines is 2. The molecule has 0 bridgehead atoms. The zero-order chi connectivity index (χ0) is 17.0. The van der Waals surface area contributed by atoms with Gasteiger partial charge in [-0.1, -0.05) is 6.92 Å². The van der Waals surface area contributed by atoms with Gasteiger partial charge in [0.1, 0.15) is 5.60 Å². The van der Waals surface area contributed by atoms with E-state index in [-0.39, 0.29) is 6.09 Å². The Hall–Kier alpha value is -1.91. The summed E-state index contributed by atoms with van der Waals surface area (Å²) in [6.07, 6.45) is 1.65. The first-order valence-corrected chi connectivity index (χ1v) is 8.41. The summed E-state index contributed by atoms with van der Waals surface area (Å²) in [7, 11) is 0. The Kier molecular flexibility index (Phi) is 5.39. The summed E-state index contributed by atoms with van der Waals surface area (Å²) >= 11 is 0. The summed E-state index contributed by atoms with van der Waals surface area (Å²) in [5, 5.41) is 0. The third-order valence-electron chi connectivity index (χ3n) is 4.02. The molecule has 0 unspecified atom stereocenters. The molecule has 0 radical (unpaired) electrons. The smallest absolute Gasteiger partial charge is 0.410 e. The number of nitrogens with two attached hydrogens (primary N) is 1. The van der Waals surface area contributed by atoms with Crippen LogP contribution in [0, 0.1) is 0 Å². The van der Waals surface area contributed by atoms with Gasteiger partial charge >= 0.3 is 6.09 Å². The lowest BCUT2D eigenvalue weighted by Crippen LogP contribution is -2.39. The first kappa shape index (κ1) is 17.4. The highest BCUT2D eigenvalue weighted by atomic mass is 16.6. The molecule has 1 heterocycles.